The van der Waals surface area contributed by atoms with E-state index in [-0.39, 0.29) is 11.8 Å². The number of amides is 2. The Balaban J connectivity index is 2.06. The Morgan fingerprint density at radius 2 is 1.90 bits per heavy atom. The molecule has 0 spiro atoms. The molecule has 1 aromatic heterocycles. The quantitative estimate of drug-likeness (QED) is 0.812. The van der Waals surface area contributed by atoms with E-state index in [4.69, 9.17) is 0 Å². The maximum Gasteiger partial charge on any atom is 0.254 e. The summed E-state index contributed by atoms with van der Waals surface area (Å²) in [6.07, 6.45) is 8.30. The average molecular weight is 288 g/mol. The smallest absolute Gasteiger partial charge is 0.254 e. The monoisotopic (exact) mass is 288 g/mol. The molecule has 3 rings (SSSR count). The van der Waals surface area contributed by atoms with Crippen molar-refractivity contribution in [2.45, 2.75) is 38.1 Å². The molecule has 2 amide bonds. The lowest BCUT2D eigenvalue weighted by atomic mass is 9.90. The van der Waals surface area contributed by atoms with Gasteiger partial charge in [0, 0.05) is 39.0 Å². The van der Waals surface area contributed by atoms with Gasteiger partial charge in [-0.25, -0.2) is 0 Å². The van der Waals surface area contributed by atoms with Gasteiger partial charge in [0.2, 0.25) is 5.91 Å². The highest BCUT2D eigenvalue weighted by atomic mass is 16.2. The predicted octanol–water partition coefficient (Wildman–Crippen LogP) is 0.937. The molecular weight excluding hydrogens is 268 g/mol. The molecule has 6 nitrogen and oxygen atoms in total. The van der Waals surface area contributed by atoms with E-state index in [0.29, 0.717) is 18.7 Å². The molecule has 0 saturated carbocycles. The van der Waals surface area contributed by atoms with Gasteiger partial charge in [0.25, 0.3) is 5.91 Å². The molecule has 2 aliphatic heterocycles. The number of aromatic nitrogens is 2. The minimum absolute atomic E-state index is 0.00759. The molecule has 0 aliphatic carbocycles. The summed E-state index contributed by atoms with van der Waals surface area (Å²) in [4.78, 5) is 37.2. The minimum Gasteiger partial charge on any atom is -0.340 e. The molecule has 0 aromatic carbocycles. The van der Waals surface area contributed by atoms with E-state index in [1.165, 1.54) is 6.92 Å². The highest BCUT2D eigenvalue weighted by Crippen LogP contribution is 2.40. The molecule has 112 valence electrons. The molecule has 0 unspecified atom stereocenters. The van der Waals surface area contributed by atoms with Crippen LogP contribution < -0.4 is 0 Å². The van der Waals surface area contributed by atoms with Gasteiger partial charge in [-0.05, 0) is 25.7 Å². The highest BCUT2D eigenvalue weighted by Gasteiger charge is 2.53. The molecule has 1 atom stereocenters. The molecule has 2 saturated heterocycles. The zero-order valence-electron chi connectivity index (χ0n) is 12.3. The van der Waals surface area contributed by atoms with E-state index >= 15 is 0 Å². The Morgan fingerprint density at radius 1 is 1.14 bits per heavy atom. The van der Waals surface area contributed by atoms with Crippen LogP contribution in [-0.4, -0.2) is 51.2 Å². The fourth-order valence-corrected chi connectivity index (χ4v) is 3.54. The summed E-state index contributed by atoms with van der Waals surface area (Å²) < 4.78 is 0. The third kappa shape index (κ3) is 2.18. The summed E-state index contributed by atoms with van der Waals surface area (Å²) in [5.41, 5.74) is -0.362. The second kappa shape index (κ2) is 5.42. The highest BCUT2D eigenvalue weighted by molar-refractivity contribution is 5.92. The number of rotatable bonds is 2. The third-order valence-electron chi connectivity index (χ3n) is 4.50. The van der Waals surface area contributed by atoms with Gasteiger partial charge in [0.1, 0.15) is 0 Å². The maximum atomic E-state index is 13.1. The minimum atomic E-state index is -0.954. The average Bonchev–Trinajstić information content (AvgIpc) is 3.17. The van der Waals surface area contributed by atoms with Crippen molar-refractivity contribution in [3.05, 3.63) is 24.3 Å². The third-order valence-corrected chi connectivity index (χ3v) is 4.50. The largest absolute Gasteiger partial charge is 0.340 e. The van der Waals surface area contributed by atoms with Crippen LogP contribution in [0.2, 0.25) is 0 Å². The summed E-state index contributed by atoms with van der Waals surface area (Å²) >= 11 is 0. The van der Waals surface area contributed by atoms with Gasteiger partial charge in [-0.3, -0.25) is 19.6 Å². The van der Waals surface area contributed by atoms with Crippen LogP contribution in [0.1, 0.15) is 38.3 Å². The molecule has 0 N–H and O–H groups in total. The Bertz CT molecular complexity index is 542. The second-order valence-corrected chi connectivity index (χ2v) is 5.72. The van der Waals surface area contributed by atoms with Crippen molar-refractivity contribution in [2.75, 3.05) is 19.6 Å². The second-order valence-electron chi connectivity index (χ2n) is 5.72. The van der Waals surface area contributed by atoms with Gasteiger partial charge in [-0.1, -0.05) is 0 Å². The van der Waals surface area contributed by atoms with Crippen LogP contribution in [0.3, 0.4) is 0 Å². The van der Waals surface area contributed by atoms with Crippen LogP contribution in [0.15, 0.2) is 18.6 Å². The zero-order chi connectivity index (χ0) is 14.9. The van der Waals surface area contributed by atoms with E-state index in [2.05, 4.69) is 9.97 Å². The fraction of sp³-hybridized carbons (Fsp3) is 0.600. The first-order chi connectivity index (χ1) is 10.2. The van der Waals surface area contributed by atoms with Gasteiger partial charge in [0.05, 0.1) is 11.9 Å². The molecular formula is C15H20N4O2. The van der Waals surface area contributed by atoms with Crippen LogP contribution in [0.4, 0.5) is 0 Å². The summed E-state index contributed by atoms with van der Waals surface area (Å²) in [7, 11) is 0. The standard InChI is InChI=1S/C15H20N4O2/c1-12(20)19-10-4-5-15(19,13-11-16-6-7-17-13)14(21)18-8-2-3-9-18/h6-7,11H,2-5,8-10H2,1H3/t15-/m1/s1. The summed E-state index contributed by atoms with van der Waals surface area (Å²) in [6, 6.07) is 0. The summed E-state index contributed by atoms with van der Waals surface area (Å²) in [6.45, 7) is 3.67. The Morgan fingerprint density at radius 3 is 2.52 bits per heavy atom. The van der Waals surface area contributed by atoms with Crippen LogP contribution in [0.5, 0.6) is 0 Å². The van der Waals surface area contributed by atoms with Gasteiger partial charge in [-0.15, -0.1) is 0 Å². The van der Waals surface area contributed by atoms with E-state index in [1.807, 2.05) is 4.90 Å². The normalized spacial score (nSPS) is 25.4. The fourth-order valence-electron chi connectivity index (χ4n) is 3.54. The molecule has 0 radical (unpaired) electrons. The topological polar surface area (TPSA) is 66.4 Å². The first-order valence-electron chi connectivity index (χ1n) is 7.50. The van der Waals surface area contributed by atoms with Crippen molar-refractivity contribution in [3.63, 3.8) is 0 Å². The Kier molecular flexibility index (Phi) is 3.61. The van der Waals surface area contributed by atoms with Crippen LogP contribution >= 0.6 is 0 Å². The van der Waals surface area contributed by atoms with Crippen molar-refractivity contribution in [1.29, 1.82) is 0 Å². The molecule has 6 heteroatoms. The lowest BCUT2D eigenvalue weighted by Gasteiger charge is -2.38. The van der Waals surface area contributed by atoms with Gasteiger partial charge in [-0.2, -0.15) is 0 Å². The Hall–Kier alpha value is -1.98. The number of nitrogens with zero attached hydrogens (tertiary/aromatic N) is 4. The molecule has 21 heavy (non-hydrogen) atoms. The van der Waals surface area contributed by atoms with Crippen LogP contribution in [0.25, 0.3) is 0 Å². The summed E-state index contributed by atoms with van der Waals surface area (Å²) in [5, 5.41) is 0. The van der Waals surface area contributed by atoms with Crippen molar-refractivity contribution >= 4 is 11.8 Å². The lowest BCUT2D eigenvalue weighted by molar-refractivity contribution is -0.151. The SMILES string of the molecule is CC(=O)N1CCC[C@]1(C(=O)N1CCCC1)c1cnccn1. The summed E-state index contributed by atoms with van der Waals surface area (Å²) in [5.74, 6) is -0.0705. The predicted molar refractivity (Wildman–Crippen MR) is 76.1 cm³/mol. The number of likely N-dealkylation sites (tertiary alicyclic amines) is 2. The van der Waals surface area contributed by atoms with E-state index in [0.717, 1.165) is 32.4 Å². The Labute approximate surface area is 124 Å². The first-order valence-corrected chi connectivity index (χ1v) is 7.50. The zero-order valence-corrected chi connectivity index (χ0v) is 12.3. The van der Waals surface area contributed by atoms with Gasteiger partial charge < -0.3 is 9.80 Å². The van der Waals surface area contributed by atoms with Gasteiger partial charge in [0.15, 0.2) is 5.54 Å². The molecule has 3 heterocycles. The van der Waals surface area contributed by atoms with E-state index in [9.17, 15) is 9.59 Å². The van der Waals surface area contributed by atoms with E-state index < -0.39 is 5.54 Å². The van der Waals surface area contributed by atoms with Crippen molar-refractivity contribution in [3.8, 4) is 0 Å². The molecule has 0 bridgehead atoms. The number of hydrogen-bond acceptors (Lipinski definition) is 4. The first kappa shape index (κ1) is 14.0. The van der Waals surface area contributed by atoms with Crippen molar-refractivity contribution < 1.29 is 9.59 Å². The number of carbonyl (C=O) groups is 2. The maximum absolute atomic E-state index is 13.1. The van der Waals surface area contributed by atoms with Crippen LogP contribution in [0, 0.1) is 0 Å². The van der Waals surface area contributed by atoms with Crippen molar-refractivity contribution in [1.82, 2.24) is 19.8 Å². The molecule has 2 fully saturated rings. The molecule has 2 aliphatic rings. The van der Waals surface area contributed by atoms with Gasteiger partial charge >= 0.3 is 0 Å². The van der Waals surface area contributed by atoms with Crippen molar-refractivity contribution in [2.24, 2.45) is 0 Å². The lowest BCUT2D eigenvalue weighted by Crippen LogP contribution is -2.55. The van der Waals surface area contributed by atoms with E-state index in [1.54, 1.807) is 23.5 Å². The van der Waals surface area contributed by atoms with Crippen LogP contribution in [-0.2, 0) is 15.1 Å². The molecule has 1 aromatic rings. The number of hydrogen-bond donors (Lipinski definition) is 0. The number of carbonyl (C=O) groups excluding carboxylic acids is 2.